The van der Waals surface area contributed by atoms with Gasteiger partial charge in [0.05, 0.1) is 17.8 Å². The number of fused-ring (bicyclic) bond motifs is 8. The molecule has 3 heteroatoms. The van der Waals surface area contributed by atoms with E-state index < -0.39 is 11.4 Å². The molecule has 16 heavy (non-hydrogen) atoms. The van der Waals surface area contributed by atoms with E-state index in [1.165, 1.54) is 0 Å². The summed E-state index contributed by atoms with van der Waals surface area (Å²) in [5.74, 6) is 0.631. The second kappa shape index (κ2) is 2.55. The monoisotopic (exact) mass is 222 g/mol. The summed E-state index contributed by atoms with van der Waals surface area (Å²) >= 11 is 0. The van der Waals surface area contributed by atoms with Gasteiger partial charge in [-0.15, -0.1) is 0 Å². The Balaban J connectivity index is 1.74. The van der Waals surface area contributed by atoms with Crippen LogP contribution in [0, 0.1) is 17.8 Å². The first kappa shape index (κ1) is 9.63. The van der Waals surface area contributed by atoms with E-state index in [2.05, 4.69) is 6.08 Å². The van der Waals surface area contributed by atoms with Crippen molar-refractivity contribution in [1.82, 2.24) is 0 Å². The van der Waals surface area contributed by atoms with Crippen LogP contribution in [0.3, 0.4) is 0 Å². The molecule has 0 aromatic heterocycles. The standard InChI is InChI=1S/C13H18O3/c1-12(2)15-10-7-6-9(11(10)16-12)13(14)5-3-4-8(7)13/h3,5,7-11,14H,4,6H2,1-2H3/t7-,8-,9-,10-,11+,13+/m1/s1. The molecule has 0 aromatic carbocycles. The predicted octanol–water partition coefficient (Wildman–Crippen LogP) is 1.46. The van der Waals surface area contributed by atoms with Gasteiger partial charge in [-0.1, -0.05) is 12.2 Å². The van der Waals surface area contributed by atoms with Crippen molar-refractivity contribution in [3.8, 4) is 0 Å². The fourth-order valence-corrected chi connectivity index (χ4v) is 4.50. The summed E-state index contributed by atoms with van der Waals surface area (Å²) in [5.41, 5.74) is -0.602. The molecule has 0 amide bonds. The maximum atomic E-state index is 10.7. The molecule has 3 aliphatic carbocycles. The van der Waals surface area contributed by atoms with Crippen LogP contribution in [0.25, 0.3) is 0 Å². The van der Waals surface area contributed by atoms with Gasteiger partial charge in [0.25, 0.3) is 0 Å². The second-order valence-corrected chi connectivity index (χ2v) is 6.20. The lowest BCUT2D eigenvalue weighted by Crippen LogP contribution is -2.49. The third kappa shape index (κ3) is 0.918. The molecule has 2 bridgehead atoms. The number of hydrogen-bond acceptors (Lipinski definition) is 3. The Morgan fingerprint density at radius 1 is 1.19 bits per heavy atom. The van der Waals surface area contributed by atoms with E-state index in [1.54, 1.807) is 0 Å². The second-order valence-electron chi connectivity index (χ2n) is 6.20. The Bertz CT molecular complexity index is 375. The van der Waals surface area contributed by atoms with Gasteiger partial charge in [-0.3, -0.25) is 0 Å². The average Bonchev–Trinajstić information content (AvgIpc) is 2.79. The molecule has 0 radical (unpaired) electrons. The van der Waals surface area contributed by atoms with Gasteiger partial charge in [0.1, 0.15) is 0 Å². The highest BCUT2D eigenvalue weighted by Gasteiger charge is 2.69. The summed E-state index contributed by atoms with van der Waals surface area (Å²) < 4.78 is 12.0. The maximum absolute atomic E-state index is 10.7. The first-order valence-electron chi connectivity index (χ1n) is 6.27. The fourth-order valence-electron chi connectivity index (χ4n) is 4.50. The average molecular weight is 222 g/mol. The SMILES string of the molecule is CC1(C)O[C@@H]2[C@@H]3C[C@H]([C@@H]2O1)[C@]1(O)C=CC[C@H]31. The Kier molecular flexibility index (Phi) is 1.53. The van der Waals surface area contributed by atoms with Crippen LogP contribution in [0.4, 0.5) is 0 Å². The lowest BCUT2D eigenvalue weighted by Gasteiger charge is -2.38. The van der Waals surface area contributed by atoms with Gasteiger partial charge in [0, 0.05) is 11.8 Å². The van der Waals surface area contributed by atoms with Gasteiger partial charge >= 0.3 is 0 Å². The van der Waals surface area contributed by atoms with Gasteiger partial charge < -0.3 is 14.6 Å². The van der Waals surface area contributed by atoms with Crippen molar-refractivity contribution in [2.75, 3.05) is 0 Å². The molecule has 3 fully saturated rings. The molecular weight excluding hydrogens is 204 g/mol. The number of allylic oxidation sites excluding steroid dienone is 1. The van der Waals surface area contributed by atoms with Crippen LogP contribution < -0.4 is 0 Å². The zero-order valence-corrected chi connectivity index (χ0v) is 9.72. The van der Waals surface area contributed by atoms with Crippen LogP contribution in [0.1, 0.15) is 26.7 Å². The van der Waals surface area contributed by atoms with E-state index in [-0.39, 0.29) is 18.1 Å². The van der Waals surface area contributed by atoms with Gasteiger partial charge in [-0.25, -0.2) is 0 Å². The maximum Gasteiger partial charge on any atom is 0.163 e. The summed E-state index contributed by atoms with van der Waals surface area (Å²) in [7, 11) is 0. The van der Waals surface area contributed by atoms with Crippen LogP contribution in [-0.2, 0) is 9.47 Å². The fraction of sp³-hybridized carbons (Fsp3) is 0.846. The van der Waals surface area contributed by atoms with E-state index >= 15 is 0 Å². The van der Waals surface area contributed by atoms with Gasteiger partial charge in [-0.2, -0.15) is 0 Å². The molecule has 1 aliphatic heterocycles. The smallest absolute Gasteiger partial charge is 0.163 e. The van der Waals surface area contributed by atoms with Crippen LogP contribution in [0.2, 0.25) is 0 Å². The quantitative estimate of drug-likeness (QED) is 0.631. The highest BCUT2D eigenvalue weighted by Crippen LogP contribution is 2.62. The highest BCUT2D eigenvalue weighted by atomic mass is 16.8. The van der Waals surface area contributed by atoms with E-state index in [1.807, 2.05) is 19.9 Å². The Morgan fingerprint density at radius 3 is 2.75 bits per heavy atom. The van der Waals surface area contributed by atoms with Crippen LogP contribution in [-0.4, -0.2) is 28.7 Å². The zero-order valence-electron chi connectivity index (χ0n) is 9.72. The Morgan fingerprint density at radius 2 is 1.94 bits per heavy atom. The molecule has 2 saturated carbocycles. The first-order valence-corrected chi connectivity index (χ1v) is 6.27. The Labute approximate surface area is 95.4 Å². The molecular formula is C13H18O3. The molecule has 0 unspecified atom stereocenters. The molecule has 0 aromatic rings. The van der Waals surface area contributed by atoms with Crippen LogP contribution >= 0.6 is 0 Å². The summed E-state index contributed by atoms with van der Waals surface area (Å²) in [6.07, 6.45) is 6.51. The summed E-state index contributed by atoms with van der Waals surface area (Å²) in [6, 6.07) is 0. The van der Waals surface area contributed by atoms with E-state index in [0.717, 1.165) is 12.8 Å². The molecule has 1 N–H and O–H groups in total. The minimum absolute atomic E-state index is 0.101. The summed E-state index contributed by atoms with van der Waals surface area (Å²) in [5, 5.41) is 10.7. The molecule has 1 saturated heterocycles. The van der Waals surface area contributed by atoms with Gasteiger partial charge in [0.15, 0.2) is 5.79 Å². The van der Waals surface area contributed by atoms with Crippen molar-refractivity contribution in [2.45, 2.75) is 50.3 Å². The third-order valence-corrected chi connectivity index (χ3v) is 4.99. The van der Waals surface area contributed by atoms with Crippen molar-refractivity contribution in [1.29, 1.82) is 0 Å². The molecule has 88 valence electrons. The number of ether oxygens (including phenoxy) is 2. The topological polar surface area (TPSA) is 38.7 Å². The third-order valence-electron chi connectivity index (χ3n) is 4.99. The molecule has 6 atom stereocenters. The highest BCUT2D eigenvalue weighted by molar-refractivity contribution is 5.27. The normalized spacial score (nSPS) is 60.3. The first-order chi connectivity index (χ1) is 7.51. The largest absolute Gasteiger partial charge is 0.385 e. The van der Waals surface area contributed by atoms with E-state index in [9.17, 15) is 5.11 Å². The zero-order chi connectivity index (χ0) is 11.1. The molecule has 3 nitrogen and oxygen atoms in total. The van der Waals surface area contributed by atoms with Crippen molar-refractivity contribution >= 4 is 0 Å². The minimum atomic E-state index is -0.602. The minimum Gasteiger partial charge on any atom is -0.385 e. The Hall–Kier alpha value is -0.380. The summed E-state index contributed by atoms with van der Waals surface area (Å²) in [6.45, 7) is 3.95. The lowest BCUT2D eigenvalue weighted by molar-refractivity contribution is -0.159. The number of aliphatic hydroxyl groups is 1. The molecule has 4 rings (SSSR count). The van der Waals surface area contributed by atoms with Crippen LogP contribution in [0.15, 0.2) is 12.2 Å². The number of rotatable bonds is 0. The van der Waals surface area contributed by atoms with Gasteiger partial charge in [-0.05, 0) is 32.6 Å². The van der Waals surface area contributed by atoms with Gasteiger partial charge in [0.2, 0.25) is 0 Å². The molecule has 4 aliphatic rings. The van der Waals surface area contributed by atoms with E-state index in [0.29, 0.717) is 11.8 Å². The van der Waals surface area contributed by atoms with Crippen LogP contribution in [0.5, 0.6) is 0 Å². The van der Waals surface area contributed by atoms with Crippen molar-refractivity contribution in [2.24, 2.45) is 17.8 Å². The number of hydrogen-bond donors (Lipinski definition) is 1. The lowest BCUT2D eigenvalue weighted by atomic mass is 9.75. The summed E-state index contributed by atoms with van der Waals surface area (Å²) in [4.78, 5) is 0. The predicted molar refractivity (Wildman–Crippen MR) is 57.6 cm³/mol. The molecule has 1 heterocycles. The van der Waals surface area contributed by atoms with Crippen molar-refractivity contribution < 1.29 is 14.6 Å². The molecule has 0 spiro atoms. The van der Waals surface area contributed by atoms with Crippen molar-refractivity contribution in [3.05, 3.63) is 12.2 Å². The van der Waals surface area contributed by atoms with E-state index in [4.69, 9.17) is 9.47 Å². The van der Waals surface area contributed by atoms with Crippen molar-refractivity contribution in [3.63, 3.8) is 0 Å².